The van der Waals surface area contributed by atoms with Crippen LogP contribution in [0.5, 0.6) is 11.5 Å². The van der Waals surface area contributed by atoms with Crippen molar-refractivity contribution in [1.82, 2.24) is 0 Å². The molecule has 0 aromatic heterocycles. The molecule has 0 fully saturated rings. The lowest BCUT2D eigenvalue weighted by Crippen LogP contribution is -1.84. The Kier molecular flexibility index (Phi) is 2.75. The minimum absolute atomic E-state index is 0.0243. The summed E-state index contributed by atoms with van der Waals surface area (Å²) >= 11 is 6.03. The summed E-state index contributed by atoms with van der Waals surface area (Å²) in [4.78, 5) is 0. The van der Waals surface area contributed by atoms with Crippen LogP contribution in [0.25, 0.3) is 11.1 Å². The van der Waals surface area contributed by atoms with Gasteiger partial charge in [-0.25, -0.2) is 0 Å². The van der Waals surface area contributed by atoms with Gasteiger partial charge in [-0.1, -0.05) is 35.9 Å². The number of benzene rings is 2. The van der Waals surface area contributed by atoms with E-state index in [1.54, 1.807) is 37.3 Å². The van der Waals surface area contributed by atoms with E-state index in [9.17, 15) is 10.2 Å². The molecule has 0 atom stereocenters. The van der Waals surface area contributed by atoms with E-state index in [1.807, 2.05) is 6.07 Å². The zero-order valence-electron chi connectivity index (χ0n) is 8.74. The molecule has 0 aliphatic carbocycles. The molecule has 0 spiro atoms. The Bertz CT molecular complexity index is 535. The van der Waals surface area contributed by atoms with Crippen molar-refractivity contribution in [3.63, 3.8) is 0 Å². The van der Waals surface area contributed by atoms with E-state index < -0.39 is 0 Å². The molecule has 0 aliphatic heterocycles. The summed E-state index contributed by atoms with van der Waals surface area (Å²) in [6.45, 7) is 1.77. The highest BCUT2D eigenvalue weighted by atomic mass is 35.5. The normalized spacial score (nSPS) is 10.4. The van der Waals surface area contributed by atoms with Crippen LogP contribution < -0.4 is 0 Å². The fourth-order valence-corrected chi connectivity index (χ4v) is 1.84. The number of hydrogen-bond donors (Lipinski definition) is 2. The molecule has 2 aromatic carbocycles. The maximum absolute atomic E-state index is 9.94. The number of rotatable bonds is 1. The van der Waals surface area contributed by atoms with Crippen LogP contribution in [0.4, 0.5) is 0 Å². The summed E-state index contributed by atoms with van der Waals surface area (Å²) in [6, 6.07) is 10.3. The predicted octanol–water partition coefficient (Wildman–Crippen LogP) is 3.73. The Morgan fingerprint density at radius 1 is 1.00 bits per heavy atom. The number of phenols is 2. The van der Waals surface area contributed by atoms with Crippen LogP contribution in [-0.2, 0) is 0 Å². The molecule has 82 valence electrons. The Morgan fingerprint density at radius 3 is 2.38 bits per heavy atom. The summed E-state index contributed by atoms with van der Waals surface area (Å²) in [5.74, 6) is 0.0873. The van der Waals surface area contributed by atoms with Gasteiger partial charge < -0.3 is 10.2 Å². The van der Waals surface area contributed by atoms with Gasteiger partial charge in [0.15, 0.2) is 0 Å². The zero-order valence-corrected chi connectivity index (χ0v) is 9.49. The van der Waals surface area contributed by atoms with Crippen LogP contribution in [0.2, 0.25) is 5.02 Å². The van der Waals surface area contributed by atoms with Gasteiger partial charge in [-0.15, -0.1) is 0 Å². The van der Waals surface area contributed by atoms with Gasteiger partial charge in [0.05, 0.1) is 5.56 Å². The lowest BCUT2D eigenvalue weighted by Gasteiger charge is -2.10. The first-order valence-electron chi connectivity index (χ1n) is 4.87. The van der Waals surface area contributed by atoms with Crippen molar-refractivity contribution in [2.24, 2.45) is 0 Å². The third-order valence-electron chi connectivity index (χ3n) is 2.50. The fraction of sp³-hybridized carbons (Fsp3) is 0.0769. The average Bonchev–Trinajstić information content (AvgIpc) is 2.27. The van der Waals surface area contributed by atoms with Gasteiger partial charge in [0.25, 0.3) is 0 Å². The van der Waals surface area contributed by atoms with Gasteiger partial charge in [-0.3, -0.25) is 0 Å². The monoisotopic (exact) mass is 234 g/mol. The molecule has 2 nitrogen and oxygen atoms in total. The van der Waals surface area contributed by atoms with Gasteiger partial charge in [-0.05, 0) is 24.6 Å². The molecule has 2 rings (SSSR count). The molecule has 0 unspecified atom stereocenters. The van der Waals surface area contributed by atoms with Crippen LogP contribution in [0.15, 0.2) is 36.4 Å². The first-order valence-corrected chi connectivity index (χ1v) is 5.25. The topological polar surface area (TPSA) is 40.5 Å². The van der Waals surface area contributed by atoms with Gasteiger partial charge in [0.1, 0.15) is 11.5 Å². The van der Waals surface area contributed by atoms with E-state index in [-0.39, 0.29) is 11.5 Å². The standard InChI is InChI=1S/C13H11ClO2/c1-8-6-7-11(15)12(13(8)16)9-4-2-3-5-10(9)14/h2-7,15-16H,1H3. The maximum Gasteiger partial charge on any atom is 0.130 e. The number of aromatic hydroxyl groups is 2. The SMILES string of the molecule is Cc1ccc(O)c(-c2ccccc2Cl)c1O. The quantitative estimate of drug-likeness (QED) is 0.789. The molecular formula is C13H11ClO2. The van der Waals surface area contributed by atoms with Crippen molar-refractivity contribution in [1.29, 1.82) is 0 Å². The van der Waals surface area contributed by atoms with Crippen molar-refractivity contribution in [2.75, 3.05) is 0 Å². The summed E-state index contributed by atoms with van der Waals surface area (Å²) in [7, 11) is 0. The molecule has 16 heavy (non-hydrogen) atoms. The van der Waals surface area contributed by atoms with E-state index >= 15 is 0 Å². The minimum atomic E-state index is 0.0243. The summed E-state index contributed by atoms with van der Waals surface area (Å²) in [5.41, 5.74) is 1.71. The van der Waals surface area contributed by atoms with Crippen LogP contribution in [-0.4, -0.2) is 10.2 Å². The van der Waals surface area contributed by atoms with E-state index in [4.69, 9.17) is 11.6 Å². The molecule has 0 saturated carbocycles. The van der Waals surface area contributed by atoms with Crippen molar-refractivity contribution in [3.05, 3.63) is 47.0 Å². The molecule has 2 N–H and O–H groups in total. The summed E-state index contributed by atoms with van der Waals surface area (Å²) in [5, 5.41) is 20.2. The van der Waals surface area contributed by atoms with Gasteiger partial charge in [-0.2, -0.15) is 0 Å². The highest BCUT2D eigenvalue weighted by Gasteiger charge is 2.14. The fourth-order valence-electron chi connectivity index (χ4n) is 1.61. The van der Waals surface area contributed by atoms with E-state index in [2.05, 4.69) is 0 Å². The first kappa shape index (κ1) is 10.8. The lowest BCUT2D eigenvalue weighted by molar-refractivity contribution is 0.451. The summed E-state index contributed by atoms with van der Waals surface area (Å²) < 4.78 is 0. The highest BCUT2D eigenvalue weighted by Crippen LogP contribution is 2.41. The van der Waals surface area contributed by atoms with Crippen LogP contribution in [0.3, 0.4) is 0 Å². The Morgan fingerprint density at radius 2 is 1.69 bits per heavy atom. The molecule has 0 heterocycles. The average molecular weight is 235 g/mol. The molecule has 3 heteroatoms. The van der Waals surface area contributed by atoms with Crippen molar-refractivity contribution >= 4 is 11.6 Å². The number of halogens is 1. The lowest BCUT2D eigenvalue weighted by atomic mass is 10.0. The van der Waals surface area contributed by atoms with E-state index in [1.165, 1.54) is 0 Å². The van der Waals surface area contributed by atoms with Crippen LogP contribution in [0, 0.1) is 6.92 Å². The van der Waals surface area contributed by atoms with E-state index in [0.717, 1.165) is 0 Å². The number of hydrogen-bond acceptors (Lipinski definition) is 2. The Hall–Kier alpha value is -1.67. The second-order valence-corrected chi connectivity index (χ2v) is 4.01. The third kappa shape index (κ3) is 1.72. The van der Waals surface area contributed by atoms with Gasteiger partial charge in [0.2, 0.25) is 0 Å². The molecule has 0 saturated heterocycles. The molecule has 0 aliphatic rings. The molecule has 0 amide bonds. The van der Waals surface area contributed by atoms with Gasteiger partial charge in [0, 0.05) is 10.6 Å². The zero-order chi connectivity index (χ0) is 11.7. The van der Waals surface area contributed by atoms with Crippen LogP contribution in [0.1, 0.15) is 5.56 Å². The molecule has 2 aromatic rings. The first-order chi connectivity index (χ1) is 7.61. The van der Waals surface area contributed by atoms with E-state index in [0.29, 0.717) is 21.7 Å². The number of phenolic OH excluding ortho intramolecular Hbond substituents is 2. The molecule has 0 bridgehead atoms. The van der Waals surface area contributed by atoms with Crippen molar-refractivity contribution in [2.45, 2.75) is 6.92 Å². The third-order valence-corrected chi connectivity index (χ3v) is 2.83. The largest absolute Gasteiger partial charge is 0.507 e. The molecule has 0 radical (unpaired) electrons. The highest BCUT2D eigenvalue weighted by molar-refractivity contribution is 6.33. The predicted molar refractivity (Wildman–Crippen MR) is 65.0 cm³/mol. The van der Waals surface area contributed by atoms with Crippen molar-refractivity contribution < 1.29 is 10.2 Å². The smallest absolute Gasteiger partial charge is 0.130 e. The van der Waals surface area contributed by atoms with Gasteiger partial charge >= 0.3 is 0 Å². The second-order valence-electron chi connectivity index (χ2n) is 3.61. The summed E-state index contributed by atoms with van der Waals surface area (Å²) in [6.07, 6.45) is 0. The Labute approximate surface area is 98.7 Å². The molecular weight excluding hydrogens is 224 g/mol. The van der Waals surface area contributed by atoms with Crippen molar-refractivity contribution in [3.8, 4) is 22.6 Å². The minimum Gasteiger partial charge on any atom is -0.507 e. The number of aryl methyl sites for hydroxylation is 1. The maximum atomic E-state index is 9.94. The van der Waals surface area contributed by atoms with Crippen LogP contribution >= 0.6 is 11.6 Å². The Balaban J connectivity index is 2.74. The second kappa shape index (κ2) is 4.06.